The van der Waals surface area contributed by atoms with Gasteiger partial charge in [0, 0.05) is 18.5 Å². The average molecular weight is 289 g/mol. The Kier molecular flexibility index (Phi) is 4.24. The molecule has 3 atom stereocenters. The molecule has 0 spiro atoms. The maximum atomic E-state index is 12.0. The zero-order valence-corrected chi connectivity index (χ0v) is 12.8. The maximum absolute atomic E-state index is 12.0. The molecule has 4 heteroatoms. The Bertz CT molecular complexity index is 487. The largest absolute Gasteiger partial charge is 0.460 e. The molecular formula is C17H25N2O2+. The van der Waals surface area contributed by atoms with E-state index in [9.17, 15) is 4.79 Å². The molecule has 114 valence electrons. The highest BCUT2D eigenvalue weighted by atomic mass is 16.5. The SMILES string of the molecule is C[N@+]12CCCC[C@H]1[C@H](COC(=O)c1ccccn1)CCC2. The summed E-state index contributed by atoms with van der Waals surface area (Å²) in [4.78, 5) is 16.1. The molecule has 2 saturated heterocycles. The summed E-state index contributed by atoms with van der Waals surface area (Å²) < 4.78 is 6.74. The molecule has 21 heavy (non-hydrogen) atoms. The van der Waals surface area contributed by atoms with Crippen LogP contribution in [0.2, 0.25) is 0 Å². The van der Waals surface area contributed by atoms with Crippen LogP contribution in [0, 0.1) is 5.92 Å². The highest BCUT2D eigenvalue weighted by molar-refractivity contribution is 5.87. The third-order valence-electron chi connectivity index (χ3n) is 5.31. The number of pyridine rings is 1. The monoisotopic (exact) mass is 289 g/mol. The molecule has 0 unspecified atom stereocenters. The van der Waals surface area contributed by atoms with Crippen molar-refractivity contribution < 1.29 is 14.0 Å². The molecule has 0 saturated carbocycles. The molecule has 3 rings (SSSR count). The van der Waals surface area contributed by atoms with Gasteiger partial charge in [-0.25, -0.2) is 9.78 Å². The number of nitrogens with zero attached hydrogens (tertiary/aromatic N) is 2. The average Bonchev–Trinajstić information content (AvgIpc) is 2.52. The molecule has 0 aliphatic carbocycles. The molecular weight excluding hydrogens is 264 g/mol. The van der Waals surface area contributed by atoms with Crippen molar-refractivity contribution in [2.24, 2.45) is 5.92 Å². The normalized spacial score (nSPS) is 32.2. The van der Waals surface area contributed by atoms with Gasteiger partial charge in [-0.15, -0.1) is 0 Å². The molecule has 0 bridgehead atoms. The van der Waals surface area contributed by atoms with E-state index in [1.807, 2.05) is 12.1 Å². The van der Waals surface area contributed by atoms with Gasteiger partial charge in [0.25, 0.3) is 0 Å². The minimum atomic E-state index is -0.286. The highest BCUT2D eigenvalue weighted by Crippen LogP contribution is 2.36. The number of aromatic nitrogens is 1. The highest BCUT2D eigenvalue weighted by Gasteiger charge is 2.43. The van der Waals surface area contributed by atoms with E-state index < -0.39 is 0 Å². The number of quaternary nitrogens is 1. The lowest BCUT2D eigenvalue weighted by molar-refractivity contribution is -0.947. The fourth-order valence-electron chi connectivity index (χ4n) is 4.17. The lowest BCUT2D eigenvalue weighted by Gasteiger charge is -2.51. The van der Waals surface area contributed by atoms with Crippen LogP contribution in [0.1, 0.15) is 42.6 Å². The van der Waals surface area contributed by atoms with Gasteiger partial charge in [-0.3, -0.25) is 0 Å². The number of hydrogen-bond donors (Lipinski definition) is 0. The molecule has 0 amide bonds. The van der Waals surface area contributed by atoms with Gasteiger partial charge in [-0.05, 0) is 37.8 Å². The second kappa shape index (κ2) is 6.14. The molecule has 2 fully saturated rings. The second-order valence-corrected chi connectivity index (χ2v) is 6.71. The number of carbonyl (C=O) groups excluding carboxylic acids is 1. The molecule has 3 heterocycles. The number of hydrogen-bond acceptors (Lipinski definition) is 3. The third kappa shape index (κ3) is 3.10. The van der Waals surface area contributed by atoms with Crippen LogP contribution < -0.4 is 0 Å². The third-order valence-corrected chi connectivity index (χ3v) is 5.31. The van der Waals surface area contributed by atoms with Crippen molar-refractivity contribution in [3.05, 3.63) is 30.1 Å². The summed E-state index contributed by atoms with van der Waals surface area (Å²) in [6.45, 7) is 3.12. The molecule has 1 aromatic heterocycles. The van der Waals surface area contributed by atoms with Crippen molar-refractivity contribution in [1.82, 2.24) is 4.98 Å². The topological polar surface area (TPSA) is 39.2 Å². The van der Waals surface area contributed by atoms with Gasteiger partial charge in [-0.2, -0.15) is 0 Å². The Hall–Kier alpha value is -1.42. The first-order valence-electron chi connectivity index (χ1n) is 8.11. The first kappa shape index (κ1) is 14.5. The summed E-state index contributed by atoms with van der Waals surface area (Å²) >= 11 is 0. The first-order valence-corrected chi connectivity index (χ1v) is 8.11. The van der Waals surface area contributed by atoms with Gasteiger partial charge in [-0.1, -0.05) is 6.07 Å². The number of piperidine rings is 2. The van der Waals surface area contributed by atoms with Crippen molar-refractivity contribution in [3.63, 3.8) is 0 Å². The molecule has 2 aliphatic heterocycles. The molecule has 0 N–H and O–H groups in total. The first-order chi connectivity index (χ1) is 10.2. The lowest BCUT2D eigenvalue weighted by Crippen LogP contribution is -2.61. The van der Waals surface area contributed by atoms with Crippen molar-refractivity contribution in [2.75, 3.05) is 26.7 Å². The van der Waals surface area contributed by atoms with E-state index in [4.69, 9.17) is 4.74 Å². The van der Waals surface area contributed by atoms with E-state index in [2.05, 4.69) is 12.0 Å². The van der Waals surface area contributed by atoms with E-state index in [1.165, 1.54) is 49.7 Å². The molecule has 0 radical (unpaired) electrons. The Balaban J connectivity index is 1.61. The van der Waals surface area contributed by atoms with E-state index in [1.54, 1.807) is 12.3 Å². The Morgan fingerprint density at radius 3 is 2.95 bits per heavy atom. The predicted octanol–water partition coefficient (Wildman–Crippen LogP) is 2.65. The van der Waals surface area contributed by atoms with Gasteiger partial charge in [0.05, 0.1) is 26.2 Å². The van der Waals surface area contributed by atoms with Crippen molar-refractivity contribution in [2.45, 2.75) is 38.1 Å². The second-order valence-electron chi connectivity index (χ2n) is 6.71. The number of carbonyl (C=O) groups is 1. The van der Waals surface area contributed by atoms with Crippen molar-refractivity contribution in [1.29, 1.82) is 0 Å². The molecule has 0 aromatic carbocycles. The fraction of sp³-hybridized carbons (Fsp3) is 0.647. The molecule has 2 aliphatic rings. The van der Waals surface area contributed by atoms with Gasteiger partial charge in [0.2, 0.25) is 0 Å². The van der Waals surface area contributed by atoms with E-state index in [0.717, 1.165) is 0 Å². The summed E-state index contributed by atoms with van der Waals surface area (Å²) in [5.74, 6) is 0.225. The van der Waals surface area contributed by atoms with Crippen LogP contribution in [-0.2, 0) is 4.74 Å². The number of rotatable bonds is 3. The zero-order chi connectivity index (χ0) is 14.7. The summed E-state index contributed by atoms with van der Waals surface area (Å²) in [5, 5.41) is 0. The van der Waals surface area contributed by atoms with Crippen LogP contribution in [-0.4, -0.2) is 48.2 Å². The zero-order valence-electron chi connectivity index (χ0n) is 12.8. The summed E-state index contributed by atoms with van der Waals surface area (Å²) in [6.07, 6.45) is 8.01. The maximum Gasteiger partial charge on any atom is 0.356 e. The van der Waals surface area contributed by atoms with E-state index in [0.29, 0.717) is 24.3 Å². The van der Waals surface area contributed by atoms with Crippen LogP contribution in [0.4, 0.5) is 0 Å². The minimum Gasteiger partial charge on any atom is -0.460 e. The summed E-state index contributed by atoms with van der Waals surface area (Å²) in [7, 11) is 2.39. The van der Waals surface area contributed by atoms with Gasteiger partial charge in [0.1, 0.15) is 12.3 Å². The summed E-state index contributed by atoms with van der Waals surface area (Å²) in [6, 6.07) is 6.01. The Morgan fingerprint density at radius 2 is 2.14 bits per heavy atom. The Morgan fingerprint density at radius 1 is 1.29 bits per heavy atom. The summed E-state index contributed by atoms with van der Waals surface area (Å²) in [5.41, 5.74) is 0.411. The van der Waals surface area contributed by atoms with E-state index in [-0.39, 0.29) is 5.97 Å². The predicted molar refractivity (Wildman–Crippen MR) is 80.8 cm³/mol. The van der Waals surface area contributed by atoms with Crippen LogP contribution in [0.3, 0.4) is 0 Å². The fourth-order valence-corrected chi connectivity index (χ4v) is 4.17. The van der Waals surface area contributed by atoms with Crippen LogP contribution >= 0.6 is 0 Å². The van der Waals surface area contributed by atoms with Gasteiger partial charge < -0.3 is 9.22 Å². The van der Waals surface area contributed by atoms with Gasteiger partial charge >= 0.3 is 5.97 Å². The molecule has 1 aromatic rings. The van der Waals surface area contributed by atoms with Crippen LogP contribution in [0.25, 0.3) is 0 Å². The standard InChI is InChI=1S/C17H25N2O2/c1-19-11-5-3-9-16(19)14(7-6-12-19)13-21-17(20)15-8-2-4-10-18-15/h2,4,8,10,14,16H,3,5-7,9,11-13H2,1H3/q+1/t14-,16-,19+/m0/s1. The minimum absolute atomic E-state index is 0.286. The number of ether oxygens (including phenoxy) is 1. The number of esters is 1. The van der Waals surface area contributed by atoms with Crippen LogP contribution in [0.5, 0.6) is 0 Å². The van der Waals surface area contributed by atoms with E-state index >= 15 is 0 Å². The lowest BCUT2D eigenvalue weighted by atomic mass is 9.82. The van der Waals surface area contributed by atoms with Crippen molar-refractivity contribution in [3.8, 4) is 0 Å². The van der Waals surface area contributed by atoms with Crippen molar-refractivity contribution >= 4 is 5.97 Å². The smallest absolute Gasteiger partial charge is 0.356 e. The Labute approximate surface area is 126 Å². The molecule has 4 nitrogen and oxygen atoms in total. The van der Waals surface area contributed by atoms with Crippen LogP contribution in [0.15, 0.2) is 24.4 Å². The number of fused-ring (bicyclic) bond motifs is 1. The quantitative estimate of drug-likeness (QED) is 0.634. The van der Waals surface area contributed by atoms with Gasteiger partial charge in [0.15, 0.2) is 0 Å².